The summed E-state index contributed by atoms with van der Waals surface area (Å²) in [5.74, 6) is -2.56. The molecular weight excluding hydrogens is 280 g/mol. The molecule has 22 heavy (non-hydrogen) atoms. The number of aliphatic carboxylic acids is 1. The molecule has 1 N–H and O–H groups in total. The number of fused-ring (bicyclic) bond motifs is 3. The van der Waals surface area contributed by atoms with Crippen LogP contribution in [0.15, 0.2) is 46.9 Å². The molecular formula is C18H16O4. The molecule has 4 heteroatoms. The van der Waals surface area contributed by atoms with Crippen molar-refractivity contribution in [3.05, 3.63) is 48.0 Å². The van der Waals surface area contributed by atoms with E-state index in [1.807, 2.05) is 36.4 Å². The number of ketones is 1. The second-order valence-electron chi connectivity index (χ2n) is 5.54. The summed E-state index contributed by atoms with van der Waals surface area (Å²) in [5, 5.41) is 10.8. The van der Waals surface area contributed by atoms with Crippen LogP contribution in [0.1, 0.15) is 18.9 Å². The van der Waals surface area contributed by atoms with Crippen molar-refractivity contribution < 1.29 is 19.1 Å². The molecule has 0 bridgehead atoms. The van der Waals surface area contributed by atoms with Gasteiger partial charge in [0.05, 0.1) is 0 Å². The van der Waals surface area contributed by atoms with Crippen LogP contribution in [0.3, 0.4) is 0 Å². The van der Waals surface area contributed by atoms with Gasteiger partial charge >= 0.3 is 5.97 Å². The van der Waals surface area contributed by atoms with Gasteiger partial charge in [-0.3, -0.25) is 4.79 Å². The first kappa shape index (κ1) is 14.3. The molecule has 0 fully saturated rings. The molecule has 4 nitrogen and oxygen atoms in total. The molecule has 1 heterocycles. The molecule has 0 amide bonds. The van der Waals surface area contributed by atoms with E-state index in [0.29, 0.717) is 12.8 Å². The van der Waals surface area contributed by atoms with Gasteiger partial charge in [-0.2, -0.15) is 0 Å². The molecule has 0 aliphatic carbocycles. The van der Waals surface area contributed by atoms with Gasteiger partial charge in [-0.1, -0.05) is 31.2 Å². The number of carboxylic acids is 1. The lowest BCUT2D eigenvalue weighted by Crippen LogP contribution is -2.21. The summed E-state index contributed by atoms with van der Waals surface area (Å²) in [6.07, 6.45) is 1.18. The lowest BCUT2D eigenvalue weighted by Gasteiger charge is -2.07. The zero-order chi connectivity index (χ0) is 15.7. The Morgan fingerprint density at radius 2 is 1.82 bits per heavy atom. The van der Waals surface area contributed by atoms with Crippen molar-refractivity contribution in [3.8, 4) is 0 Å². The van der Waals surface area contributed by atoms with Crippen LogP contribution in [0.4, 0.5) is 0 Å². The number of para-hydroxylation sites is 1. The highest BCUT2D eigenvalue weighted by molar-refractivity contribution is 6.33. The summed E-state index contributed by atoms with van der Waals surface area (Å²) >= 11 is 0. The first-order valence-corrected chi connectivity index (χ1v) is 7.23. The number of rotatable bonds is 5. The minimum Gasteiger partial charge on any atom is -0.475 e. The SMILES string of the molecule is C[C@H](CCc1ccc2oc3ccccc3c2c1)C(=O)C(=O)O. The Bertz CT molecular complexity index is 860. The first-order valence-electron chi connectivity index (χ1n) is 7.23. The van der Waals surface area contributed by atoms with Crippen LogP contribution in [0.5, 0.6) is 0 Å². The van der Waals surface area contributed by atoms with Crippen LogP contribution in [-0.4, -0.2) is 16.9 Å². The van der Waals surface area contributed by atoms with Crippen molar-refractivity contribution in [2.24, 2.45) is 5.92 Å². The normalized spacial score (nSPS) is 12.6. The quantitative estimate of drug-likeness (QED) is 0.727. The van der Waals surface area contributed by atoms with Gasteiger partial charge in [0.25, 0.3) is 0 Å². The fourth-order valence-corrected chi connectivity index (χ4v) is 2.65. The average Bonchev–Trinajstić information content (AvgIpc) is 2.89. The Morgan fingerprint density at radius 3 is 2.59 bits per heavy atom. The summed E-state index contributed by atoms with van der Waals surface area (Å²) < 4.78 is 5.77. The van der Waals surface area contributed by atoms with E-state index >= 15 is 0 Å². The Hall–Kier alpha value is -2.62. The number of carbonyl (C=O) groups is 2. The number of carbonyl (C=O) groups excluding carboxylic acids is 1. The highest BCUT2D eigenvalue weighted by Crippen LogP contribution is 2.29. The van der Waals surface area contributed by atoms with Gasteiger partial charge in [0.1, 0.15) is 11.2 Å². The lowest BCUT2D eigenvalue weighted by atomic mass is 9.96. The molecule has 0 aliphatic heterocycles. The van der Waals surface area contributed by atoms with E-state index in [9.17, 15) is 9.59 Å². The largest absolute Gasteiger partial charge is 0.475 e. The summed E-state index contributed by atoms with van der Waals surface area (Å²) in [6.45, 7) is 1.65. The molecule has 1 atom stereocenters. The van der Waals surface area contributed by atoms with Gasteiger partial charge in [0.2, 0.25) is 5.78 Å². The van der Waals surface area contributed by atoms with Gasteiger partial charge in [-0.05, 0) is 36.6 Å². The maximum Gasteiger partial charge on any atom is 0.372 e. The van der Waals surface area contributed by atoms with Crippen molar-refractivity contribution in [3.63, 3.8) is 0 Å². The predicted octanol–water partition coefficient (Wildman–Crippen LogP) is 3.81. The summed E-state index contributed by atoms with van der Waals surface area (Å²) in [6, 6.07) is 13.8. The maximum atomic E-state index is 11.4. The van der Waals surface area contributed by atoms with Crippen LogP contribution < -0.4 is 0 Å². The van der Waals surface area contributed by atoms with Crippen molar-refractivity contribution in [1.82, 2.24) is 0 Å². The number of aryl methyl sites for hydroxylation is 1. The van der Waals surface area contributed by atoms with Crippen LogP contribution in [0, 0.1) is 5.92 Å². The highest BCUT2D eigenvalue weighted by Gasteiger charge is 2.20. The second-order valence-corrected chi connectivity index (χ2v) is 5.54. The molecule has 112 valence electrons. The number of furan rings is 1. The molecule has 3 aromatic rings. The maximum absolute atomic E-state index is 11.4. The van der Waals surface area contributed by atoms with Crippen molar-refractivity contribution >= 4 is 33.7 Å². The fraction of sp³-hybridized carbons (Fsp3) is 0.222. The van der Waals surface area contributed by atoms with Gasteiger partial charge < -0.3 is 9.52 Å². The van der Waals surface area contributed by atoms with E-state index in [0.717, 1.165) is 27.5 Å². The predicted molar refractivity (Wildman–Crippen MR) is 83.8 cm³/mol. The van der Waals surface area contributed by atoms with Crippen LogP contribution in [-0.2, 0) is 16.0 Å². The topological polar surface area (TPSA) is 67.5 Å². The molecule has 0 unspecified atom stereocenters. The minimum absolute atomic E-state index is 0.478. The number of carboxylic acid groups (broad SMARTS) is 1. The molecule has 0 radical (unpaired) electrons. The van der Waals surface area contributed by atoms with Gasteiger partial charge in [0, 0.05) is 16.7 Å². The van der Waals surface area contributed by atoms with Crippen molar-refractivity contribution in [1.29, 1.82) is 0 Å². The third-order valence-electron chi connectivity index (χ3n) is 3.97. The minimum atomic E-state index is -1.36. The van der Waals surface area contributed by atoms with Crippen LogP contribution >= 0.6 is 0 Å². The molecule has 0 aliphatic rings. The Labute approximate surface area is 127 Å². The number of benzene rings is 2. The summed E-state index contributed by atoms with van der Waals surface area (Å²) in [7, 11) is 0. The monoisotopic (exact) mass is 296 g/mol. The van der Waals surface area contributed by atoms with E-state index in [-0.39, 0.29) is 0 Å². The fourth-order valence-electron chi connectivity index (χ4n) is 2.65. The summed E-state index contributed by atoms with van der Waals surface area (Å²) in [5.41, 5.74) is 2.76. The van der Waals surface area contributed by atoms with E-state index < -0.39 is 17.7 Å². The Morgan fingerprint density at radius 1 is 1.09 bits per heavy atom. The zero-order valence-corrected chi connectivity index (χ0v) is 12.2. The van der Waals surface area contributed by atoms with Gasteiger partial charge in [-0.15, -0.1) is 0 Å². The number of hydrogen-bond donors (Lipinski definition) is 1. The van der Waals surface area contributed by atoms with Gasteiger partial charge in [0.15, 0.2) is 0 Å². The van der Waals surface area contributed by atoms with Crippen LogP contribution in [0.2, 0.25) is 0 Å². The van der Waals surface area contributed by atoms with E-state index in [2.05, 4.69) is 6.07 Å². The smallest absolute Gasteiger partial charge is 0.372 e. The Balaban J connectivity index is 1.84. The molecule has 0 saturated heterocycles. The molecule has 3 rings (SSSR count). The van der Waals surface area contributed by atoms with Crippen LogP contribution in [0.25, 0.3) is 21.9 Å². The van der Waals surface area contributed by atoms with Crippen molar-refractivity contribution in [2.45, 2.75) is 19.8 Å². The summed E-state index contributed by atoms with van der Waals surface area (Å²) in [4.78, 5) is 22.1. The standard InChI is InChI=1S/C18H16O4/c1-11(17(19)18(20)21)6-7-12-8-9-16-14(10-12)13-4-2-3-5-15(13)22-16/h2-5,8-11H,6-7H2,1H3,(H,20,21)/t11-/m1/s1. The molecule has 0 saturated carbocycles. The number of Topliss-reactive ketones (excluding diaryl/α,β-unsaturated/α-hetero) is 1. The van der Waals surface area contributed by atoms with Gasteiger partial charge in [-0.25, -0.2) is 4.79 Å². The first-order chi connectivity index (χ1) is 10.6. The lowest BCUT2D eigenvalue weighted by molar-refractivity contribution is -0.150. The average molecular weight is 296 g/mol. The molecule has 1 aromatic heterocycles. The van der Waals surface area contributed by atoms with E-state index in [4.69, 9.17) is 9.52 Å². The number of hydrogen-bond acceptors (Lipinski definition) is 3. The molecule has 0 spiro atoms. The third kappa shape index (κ3) is 2.60. The van der Waals surface area contributed by atoms with E-state index in [1.165, 1.54) is 0 Å². The zero-order valence-electron chi connectivity index (χ0n) is 12.2. The Kier molecular flexibility index (Phi) is 3.67. The third-order valence-corrected chi connectivity index (χ3v) is 3.97. The molecule has 2 aromatic carbocycles. The second kappa shape index (κ2) is 5.64. The van der Waals surface area contributed by atoms with E-state index in [1.54, 1.807) is 6.92 Å². The highest BCUT2D eigenvalue weighted by atomic mass is 16.4. The van der Waals surface area contributed by atoms with Crippen molar-refractivity contribution in [2.75, 3.05) is 0 Å².